The fraction of sp³-hybridized carbons (Fsp3) is 0.391. The highest BCUT2D eigenvalue weighted by atomic mass is 16.5. The molecule has 0 bridgehead atoms. The monoisotopic (exact) mass is 410 g/mol. The number of imide groups is 1. The summed E-state index contributed by atoms with van der Waals surface area (Å²) < 4.78 is 10.5. The number of carbonyl (C=O) groups excluding carboxylic acids is 3. The lowest BCUT2D eigenvalue weighted by Gasteiger charge is -2.27. The normalized spacial score (nSPS) is 15.4. The van der Waals surface area contributed by atoms with Gasteiger partial charge in [-0.15, -0.1) is 0 Å². The number of nitrogens with zero attached hydrogens (tertiary/aromatic N) is 2. The van der Waals surface area contributed by atoms with Gasteiger partial charge in [0.05, 0.1) is 13.2 Å². The predicted molar refractivity (Wildman–Crippen MR) is 111 cm³/mol. The zero-order chi connectivity index (χ0) is 22.1. The fourth-order valence-electron chi connectivity index (χ4n) is 2.93. The van der Waals surface area contributed by atoms with Crippen molar-refractivity contribution in [3.05, 3.63) is 46.5 Å². The van der Waals surface area contributed by atoms with Crippen LogP contribution in [0.5, 0.6) is 5.75 Å². The first-order valence-corrected chi connectivity index (χ1v) is 9.94. The molecule has 0 N–H and O–H groups in total. The third-order valence-corrected chi connectivity index (χ3v) is 4.61. The average Bonchev–Trinajstić information content (AvgIpc) is 2.72. The molecule has 1 aliphatic rings. The molecule has 0 spiro atoms. The van der Waals surface area contributed by atoms with Gasteiger partial charge in [0.25, 0.3) is 11.8 Å². The van der Waals surface area contributed by atoms with Crippen molar-refractivity contribution < 1.29 is 23.9 Å². The second-order valence-electron chi connectivity index (χ2n) is 6.90. The number of unbranched alkanes of at least 4 members (excludes halogenated alkanes) is 1. The molecule has 158 valence electrons. The van der Waals surface area contributed by atoms with Crippen molar-refractivity contribution in [3.8, 4) is 11.8 Å². The van der Waals surface area contributed by atoms with Gasteiger partial charge < -0.3 is 9.47 Å². The summed E-state index contributed by atoms with van der Waals surface area (Å²) >= 11 is 0. The van der Waals surface area contributed by atoms with Crippen LogP contribution < -0.4 is 4.74 Å². The Morgan fingerprint density at radius 2 is 1.83 bits per heavy atom. The molecule has 30 heavy (non-hydrogen) atoms. The van der Waals surface area contributed by atoms with Crippen molar-refractivity contribution in [1.82, 2.24) is 4.90 Å². The molecule has 7 heteroatoms. The largest absolute Gasteiger partial charge is 0.494 e. The van der Waals surface area contributed by atoms with E-state index >= 15 is 0 Å². The second kappa shape index (κ2) is 11.0. The van der Waals surface area contributed by atoms with Crippen LogP contribution in [0.25, 0.3) is 6.08 Å². The van der Waals surface area contributed by atoms with Gasteiger partial charge in [-0.2, -0.15) is 5.26 Å². The van der Waals surface area contributed by atoms with Crippen molar-refractivity contribution >= 4 is 23.9 Å². The molecular formula is C23H26N2O5. The Labute approximate surface area is 176 Å². The zero-order valence-electron chi connectivity index (χ0n) is 17.6. The SMILES string of the molecule is CCCCOc1ccc(/C=C2/C(=O)N(CCCOC(C)=O)C(=O)C(C#N)=C2C)cc1. The van der Waals surface area contributed by atoms with E-state index in [-0.39, 0.29) is 18.7 Å². The molecule has 2 amide bonds. The van der Waals surface area contributed by atoms with Crippen LogP contribution in [0.1, 0.15) is 45.6 Å². The van der Waals surface area contributed by atoms with Gasteiger partial charge in [-0.25, -0.2) is 0 Å². The van der Waals surface area contributed by atoms with E-state index in [2.05, 4.69) is 6.92 Å². The Bertz CT molecular complexity index is 907. The highest BCUT2D eigenvalue weighted by Crippen LogP contribution is 2.27. The maximum atomic E-state index is 12.9. The van der Waals surface area contributed by atoms with Crippen LogP contribution in [0, 0.1) is 11.3 Å². The summed E-state index contributed by atoms with van der Waals surface area (Å²) in [5.74, 6) is -0.780. The third kappa shape index (κ3) is 5.80. The van der Waals surface area contributed by atoms with Crippen LogP contribution in [0.2, 0.25) is 0 Å². The summed E-state index contributed by atoms with van der Waals surface area (Å²) in [6.45, 7) is 5.78. The highest BCUT2D eigenvalue weighted by Gasteiger charge is 2.35. The van der Waals surface area contributed by atoms with Crippen LogP contribution in [-0.4, -0.2) is 42.4 Å². The van der Waals surface area contributed by atoms with Crippen LogP contribution in [0.15, 0.2) is 41.0 Å². The highest BCUT2D eigenvalue weighted by molar-refractivity contribution is 6.19. The summed E-state index contributed by atoms with van der Waals surface area (Å²) in [5.41, 5.74) is 1.34. The first kappa shape index (κ1) is 22.9. The molecule has 0 atom stereocenters. The second-order valence-corrected chi connectivity index (χ2v) is 6.90. The van der Waals surface area contributed by atoms with Gasteiger partial charge in [-0.1, -0.05) is 25.5 Å². The van der Waals surface area contributed by atoms with Crippen molar-refractivity contribution in [3.63, 3.8) is 0 Å². The van der Waals surface area contributed by atoms with Gasteiger partial charge >= 0.3 is 5.97 Å². The lowest BCUT2D eigenvalue weighted by Crippen LogP contribution is -2.43. The minimum Gasteiger partial charge on any atom is -0.494 e. The maximum absolute atomic E-state index is 12.9. The molecule has 1 aromatic carbocycles. The molecule has 2 rings (SSSR count). The molecule has 0 fully saturated rings. The Morgan fingerprint density at radius 3 is 2.43 bits per heavy atom. The quantitative estimate of drug-likeness (QED) is 0.268. The molecule has 1 aromatic rings. The van der Waals surface area contributed by atoms with Gasteiger partial charge in [0.15, 0.2) is 0 Å². The number of amides is 2. The molecule has 0 saturated carbocycles. The van der Waals surface area contributed by atoms with Gasteiger partial charge in [-0.05, 0) is 49.1 Å². The molecular weight excluding hydrogens is 384 g/mol. The summed E-state index contributed by atoms with van der Waals surface area (Å²) in [6, 6.07) is 9.19. The van der Waals surface area contributed by atoms with E-state index in [1.807, 2.05) is 30.3 Å². The molecule has 0 radical (unpaired) electrons. The molecule has 0 aromatic heterocycles. The minimum absolute atomic E-state index is 0.0605. The Hall–Kier alpha value is -3.40. The number of esters is 1. The van der Waals surface area contributed by atoms with E-state index < -0.39 is 17.8 Å². The predicted octanol–water partition coefficient (Wildman–Crippen LogP) is 3.41. The molecule has 1 heterocycles. The van der Waals surface area contributed by atoms with E-state index in [9.17, 15) is 19.6 Å². The first-order chi connectivity index (χ1) is 14.4. The number of hydrogen-bond acceptors (Lipinski definition) is 6. The number of rotatable bonds is 9. The van der Waals surface area contributed by atoms with Crippen molar-refractivity contribution in [2.75, 3.05) is 19.8 Å². The first-order valence-electron chi connectivity index (χ1n) is 9.94. The Morgan fingerprint density at radius 1 is 1.13 bits per heavy atom. The average molecular weight is 410 g/mol. The Balaban J connectivity index is 2.23. The summed E-state index contributed by atoms with van der Waals surface area (Å²) in [5, 5.41) is 9.42. The number of benzene rings is 1. The van der Waals surface area contributed by atoms with Crippen LogP contribution >= 0.6 is 0 Å². The van der Waals surface area contributed by atoms with E-state index in [1.165, 1.54) is 6.92 Å². The van der Waals surface area contributed by atoms with Crippen molar-refractivity contribution in [2.45, 2.75) is 40.0 Å². The fourth-order valence-corrected chi connectivity index (χ4v) is 2.93. The molecule has 0 saturated heterocycles. The van der Waals surface area contributed by atoms with Crippen molar-refractivity contribution in [2.24, 2.45) is 0 Å². The number of carbonyl (C=O) groups is 3. The lowest BCUT2D eigenvalue weighted by atomic mass is 9.93. The Kier molecular flexibility index (Phi) is 8.36. The molecule has 0 unspecified atom stereocenters. The molecule has 1 aliphatic heterocycles. The van der Waals surface area contributed by atoms with E-state index in [4.69, 9.17) is 9.47 Å². The van der Waals surface area contributed by atoms with E-state index in [1.54, 1.807) is 13.0 Å². The molecule has 0 aliphatic carbocycles. The summed E-state index contributed by atoms with van der Waals surface area (Å²) in [6.07, 6.45) is 3.99. The third-order valence-electron chi connectivity index (χ3n) is 4.61. The molecule has 7 nitrogen and oxygen atoms in total. The zero-order valence-corrected chi connectivity index (χ0v) is 17.6. The smallest absolute Gasteiger partial charge is 0.302 e. The van der Waals surface area contributed by atoms with Gasteiger partial charge in [0.2, 0.25) is 0 Å². The summed E-state index contributed by atoms with van der Waals surface area (Å²) in [4.78, 5) is 37.4. The van der Waals surface area contributed by atoms with Crippen LogP contribution in [0.3, 0.4) is 0 Å². The lowest BCUT2D eigenvalue weighted by molar-refractivity contribution is -0.141. The van der Waals surface area contributed by atoms with E-state index in [0.717, 1.165) is 29.1 Å². The standard InChI is InChI=1S/C23H26N2O5/c1-4-5-12-30-19-9-7-18(8-10-19)14-20-16(2)21(15-24)23(28)25(22(20)27)11-6-13-29-17(3)26/h7-10,14H,4-6,11-13H2,1-3H3/b20-14+. The van der Waals surface area contributed by atoms with E-state index in [0.29, 0.717) is 24.2 Å². The van der Waals surface area contributed by atoms with Crippen LogP contribution in [-0.2, 0) is 19.1 Å². The number of hydrogen-bond donors (Lipinski definition) is 0. The minimum atomic E-state index is -0.625. The maximum Gasteiger partial charge on any atom is 0.302 e. The van der Waals surface area contributed by atoms with Crippen molar-refractivity contribution in [1.29, 1.82) is 5.26 Å². The number of ether oxygens (including phenoxy) is 2. The van der Waals surface area contributed by atoms with Crippen LogP contribution in [0.4, 0.5) is 0 Å². The number of nitriles is 1. The van der Waals surface area contributed by atoms with Gasteiger partial charge in [0.1, 0.15) is 17.4 Å². The van der Waals surface area contributed by atoms with Gasteiger partial charge in [0, 0.05) is 19.0 Å². The topological polar surface area (TPSA) is 96.7 Å². The summed E-state index contributed by atoms with van der Waals surface area (Å²) in [7, 11) is 0. The van der Waals surface area contributed by atoms with Gasteiger partial charge in [-0.3, -0.25) is 19.3 Å².